The molecule has 1 aromatic carbocycles. The van der Waals surface area contributed by atoms with Gasteiger partial charge in [0.15, 0.2) is 0 Å². The molecule has 0 saturated carbocycles. The maximum atomic E-state index is 5.92. The van der Waals surface area contributed by atoms with Crippen LogP contribution in [0, 0.1) is 0 Å². The largest absolute Gasteiger partial charge is 0.383 e. The molecule has 2 aromatic rings. The summed E-state index contributed by atoms with van der Waals surface area (Å²) in [5.74, 6) is 0.525. The van der Waals surface area contributed by atoms with Gasteiger partial charge in [0.25, 0.3) is 0 Å². The number of aromatic nitrogens is 2. The van der Waals surface area contributed by atoms with E-state index in [1.165, 1.54) is 23.2 Å². The SMILES string of the molecule is CN1CCCc2cc(Cn3ncc(Cl)c3N)ccc21. The second-order valence-corrected chi connectivity index (χ2v) is 5.43. The quantitative estimate of drug-likeness (QED) is 0.917. The maximum Gasteiger partial charge on any atom is 0.140 e. The molecule has 0 amide bonds. The van der Waals surface area contributed by atoms with Crippen molar-refractivity contribution in [2.45, 2.75) is 19.4 Å². The lowest BCUT2D eigenvalue weighted by Crippen LogP contribution is -2.24. The number of fused-ring (bicyclic) bond motifs is 1. The van der Waals surface area contributed by atoms with E-state index in [1.807, 2.05) is 0 Å². The van der Waals surface area contributed by atoms with E-state index in [1.54, 1.807) is 10.9 Å². The van der Waals surface area contributed by atoms with Crippen LogP contribution in [0.25, 0.3) is 0 Å². The van der Waals surface area contributed by atoms with Gasteiger partial charge >= 0.3 is 0 Å². The standard InChI is InChI=1S/C14H17ClN4/c1-18-6-2-3-11-7-10(4-5-13(11)18)9-19-14(16)12(15)8-17-19/h4-5,7-8H,2-3,6,9,16H2,1H3. The molecule has 2 heterocycles. The zero-order valence-corrected chi connectivity index (χ0v) is 11.7. The van der Waals surface area contributed by atoms with Gasteiger partial charge in [-0.3, -0.25) is 0 Å². The van der Waals surface area contributed by atoms with Crippen molar-refractivity contribution < 1.29 is 0 Å². The topological polar surface area (TPSA) is 47.1 Å². The first-order valence-corrected chi connectivity index (χ1v) is 6.82. The predicted octanol–water partition coefficient (Wildman–Crippen LogP) is 2.55. The number of rotatable bonds is 2. The van der Waals surface area contributed by atoms with Crippen LogP contribution >= 0.6 is 11.6 Å². The van der Waals surface area contributed by atoms with E-state index < -0.39 is 0 Å². The summed E-state index contributed by atoms with van der Waals surface area (Å²) in [5.41, 5.74) is 9.82. The molecule has 1 aromatic heterocycles. The van der Waals surface area contributed by atoms with Gasteiger partial charge in [0, 0.05) is 19.3 Å². The van der Waals surface area contributed by atoms with E-state index in [9.17, 15) is 0 Å². The van der Waals surface area contributed by atoms with E-state index >= 15 is 0 Å². The van der Waals surface area contributed by atoms with Gasteiger partial charge in [-0.1, -0.05) is 23.7 Å². The molecule has 5 heteroatoms. The molecule has 3 rings (SSSR count). The number of benzene rings is 1. The van der Waals surface area contributed by atoms with Gasteiger partial charge in [-0.25, -0.2) is 4.68 Å². The summed E-state index contributed by atoms with van der Waals surface area (Å²) in [5, 5.41) is 4.70. The lowest BCUT2D eigenvalue weighted by atomic mass is 9.99. The molecule has 1 aliphatic rings. The molecule has 2 N–H and O–H groups in total. The Labute approximate surface area is 117 Å². The van der Waals surface area contributed by atoms with Gasteiger partial charge in [0.1, 0.15) is 10.8 Å². The molecular formula is C14H17ClN4. The summed E-state index contributed by atoms with van der Waals surface area (Å²) < 4.78 is 1.73. The number of nitrogens with two attached hydrogens (primary N) is 1. The Hall–Kier alpha value is -1.68. The van der Waals surface area contributed by atoms with Gasteiger partial charge in [-0.2, -0.15) is 5.10 Å². The first-order valence-electron chi connectivity index (χ1n) is 6.45. The monoisotopic (exact) mass is 276 g/mol. The van der Waals surface area contributed by atoms with Crippen LogP contribution in [-0.2, 0) is 13.0 Å². The third-order valence-electron chi connectivity index (χ3n) is 3.66. The van der Waals surface area contributed by atoms with E-state index in [4.69, 9.17) is 17.3 Å². The fraction of sp³-hybridized carbons (Fsp3) is 0.357. The molecule has 0 spiro atoms. The lowest BCUT2D eigenvalue weighted by molar-refractivity contribution is 0.692. The van der Waals surface area contributed by atoms with Crippen molar-refractivity contribution in [3.63, 3.8) is 0 Å². The van der Waals surface area contributed by atoms with Crippen LogP contribution < -0.4 is 10.6 Å². The van der Waals surface area contributed by atoms with Crippen LogP contribution in [0.2, 0.25) is 5.02 Å². The van der Waals surface area contributed by atoms with Crippen LogP contribution in [0.15, 0.2) is 24.4 Å². The van der Waals surface area contributed by atoms with Gasteiger partial charge in [0.05, 0.1) is 12.7 Å². The zero-order chi connectivity index (χ0) is 13.4. The van der Waals surface area contributed by atoms with Gasteiger partial charge in [-0.05, 0) is 30.0 Å². The fourth-order valence-electron chi connectivity index (χ4n) is 2.61. The minimum Gasteiger partial charge on any atom is -0.383 e. The number of halogens is 1. The van der Waals surface area contributed by atoms with Gasteiger partial charge in [0.2, 0.25) is 0 Å². The highest BCUT2D eigenvalue weighted by atomic mass is 35.5. The Balaban J connectivity index is 1.88. The molecule has 0 unspecified atom stereocenters. The average molecular weight is 277 g/mol. The van der Waals surface area contributed by atoms with Gasteiger partial charge in [-0.15, -0.1) is 0 Å². The van der Waals surface area contributed by atoms with Crippen molar-refractivity contribution in [3.8, 4) is 0 Å². The van der Waals surface area contributed by atoms with Crippen molar-refractivity contribution in [3.05, 3.63) is 40.5 Å². The highest BCUT2D eigenvalue weighted by Gasteiger charge is 2.14. The van der Waals surface area contributed by atoms with Crippen LogP contribution in [-0.4, -0.2) is 23.4 Å². The van der Waals surface area contributed by atoms with Crippen LogP contribution in [0.1, 0.15) is 17.5 Å². The third-order valence-corrected chi connectivity index (χ3v) is 3.95. The number of aryl methyl sites for hydroxylation is 1. The zero-order valence-electron chi connectivity index (χ0n) is 10.9. The normalized spacial score (nSPS) is 14.5. The molecule has 0 saturated heterocycles. The van der Waals surface area contributed by atoms with E-state index in [2.05, 4.69) is 35.2 Å². The Bertz CT molecular complexity index is 605. The van der Waals surface area contributed by atoms with Crippen LogP contribution in [0.3, 0.4) is 0 Å². The lowest BCUT2D eigenvalue weighted by Gasteiger charge is -2.27. The Morgan fingerprint density at radius 3 is 3.00 bits per heavy atom. The molecule has 0 bridgehead atoms. The number of nitrogens with zero attached hydrogens (tertiary/aromatic N) is 3. The molecular weight excluding hydrogens is 260 g/mol. The number of nitrogen functional groups attached to an aromatic ring is 1. The summed E-state index contributed by atoms with van der Waals surface area (Å²) in [6.07, 6.45) is 3.94. The first-order chi connectivity index (χ1) is 9.15. The molecule has 0 aliphatic carbocycles. The molecule has 19 heavy (non-hydrogen) atoms. The van der Waals surface area contributed by atoms with Crippen molar-refractivity contribution in [2.24, 2.45) is 0 Å². The van der Waals surface area contributed by atoms with Crippen LogP contribution in [0.4, 0.5) is 11.5 Å². The van der Waals surface area contributed by atoms with E-state index in [0.29, 0.717) is 17.4 Å². The first kappa shape index (κ1) is 12.4. The minimum absolute atomic E-state index is 0.512. The van der Waals surface area contributed by atoms with Crippen molar-refractivity contribution in [1.29, 1.82) is 0 Å². The van der Waals surface area contributed by atoms with Crippen molar-refractivity contribution in [1.82, 2.24) is 9.78 Å². The highest BCUT2D eigenvalue weighted by Crippen LogP contribution is 2.27. The van der Waals surface area contributed by atoms with Gasteiger partial charge < -0.3 is 10.6 Å². The summed E-state index contributed by atoms with van der Waals surface area (Å²) in [6, 6.07) is 6.57. The Morgan fingerprint density at radius 2 is 2.26 bits per heavy atom. The third kappa shape index (κ3) is 2.28. The second kappa shape index (κ2) is 4.78. The number of anilines is 2. The summed E-state index contributed by atoms with van der Waals surface area (Å²) in [4.78, 5) is 2.31. The Kier molecular flexibility index (Phi) is 3.11. The minimum atomic E-state index is 0.512. The highest BCUT2D eigenvalue weighted by molar-refractivity contribution is 6.32. The number of hydrogen-bond acceptors (Lipinski definition) is 3. The maximum absolute atomic E-state index is 5.92. The van der Waals surface area contributed by atoms with Crippen molar-refractivity contribution >= 4 is 23.1 Å². The summed E-state index contributed by atoms with van der Waals surface area (Å²) in [7, 11) is 2.14. The van der Waals surface area contributed by atoms with Crippen molar-refractivity contribution in [2.75, 3.05) is 24.2 Å². The summed E-state index contributed by atoms with van der Waals surface area (Å²) in [6.45, 7) is 1.80. The molecule has 0 fully saturated rings. The molecule has 1 aliphatic heterocycles. The predicted molar refractivity (Wildman–Crippen MR) is 78.8 cm³/mol. The van der Waals surface area contributed by atoms with E-state index in [-0.39, 0.29) is 0 Å². The van der Waals surface area contributed by atoms with E-state index in [0.717, 1.165) is 13.0 Å². The fourth-order valence-corrected chi connectivity index (χ4v) is 2.75. The second-order valence-electron chi connectivity index (χ2n) is 5.02. The average Bonchev–Trinajstić information content (AvgIpc) is 2.71. The number of hydrogen-bond donors (Lipinski definition) is 1. The molecule has 0 atom stereocenters. The smallest absolute Gasteiger partial charge is 0.140 e. The molecule has 100 valence electrons. The Morgan fingerprint density at radius 1 is 1.42 bits per heavy atom. The molecule has 0 radical (unpaired) electrons. The van der Waals surface area contributed by atoms with Crippen LogP contribution in [0.5, 0.6) is 0 Å². The molecule has 4 nitrogen and oxygen atoms in total. The summed E-state index contributed by atoms with van der Waals surface area (Å²) >= 11 is 5.92.